The van der Waals surface area contributed by atoms with E-state index in [1.165, 1.54) is 11.1 Å². The summed E-state index contributed by atoms with van der Waals surface area (Å²) in [6, 6.07) is 21.2. The molecule has 0 saturated carbocycles. The van der Waals surface area contributed by atoms with E-state index in [2.05, 4.69) is 60.4 Å². The smallest absolute Gasteiger partial charge is 0.0672 e. The average molecular weight is 281 g/mol. The number of nitrogens with one attached hydrogen (secondary N) is 1. The summed E-state index contributed by atoms with van der Waals surface area (Å²) in [7, 11) is 0. The van der Waals surface area contributed by atoms with Gasteiger partial charge in [0, 0.05) is 6.54 Å². The van der Waals surface area contributed by atoms with Gasteiger partial charge in [0.2, 0.25) is 0 Å². The van der Waals surface area contributed by atoms with Crippen LogP contribution in [-0.2, 0) is 4.74 Å². The molecule has 0 spiro atoms. The molecule has 0 aromatic heterocycles. The maximum Gasteiger partial charge on any atom is 0.0672 e. The number of hydrogen-bond acceptors (Lipinski definition) is 2. The van der Waals surface area contributed by atoms with Gasteiger partial charge in [0.1, 0.15) is 0 Å². The molecule has 0 heterocycles. The van der Waals surface area contributed by atoms with Crippen LogP contribution in [0.3, 0.4) is 0 Å². The molecule has 0 unspecified atom stereocenters. The first kappa shape index (κ1) is 15.5. The van der Waals surface area contributed by atoms with Crippen molar-refractivity contribution in [1.29, 1.82) is 0 Å². The van der Waals surface area contributed by atoms with Crippen molar-refractivity contribution < 1.29 is 4.74 Å². The molecule has 0 aliphatic rings. The lowest BCUT2D eigenvalue weighted by atomic mass is 9.99. The van der Waals surface area contributed by atoms with E-state index in [9.17, 15) is 0 Å². The highest BCUT2D eigenvalue weighted by atomic mass is 16.5. The molecule has 0 aliphatic carbocycles. The third-order valence-corrected chi connectivity index (χ3v) is 3.21. The Bertz CT molecular complexity index is 497. The Morgan fingerprint density at radius 1 is 1.00 bits per heavy atom. The van der Waals surface area contributed by atoms with Crippen molar-refractivity contribution in [2.75, 3.05) is 19.8 Å². The van der Waals surface area contributed by atoms with Crippen molar-refractivity contribution in [3.05, 3.63) is 83.9 Å². The Kier molecular flexibility index (Phi) is 6.20. The van der Waals surface area contributed by atoms with Crippen LogP contribution in [0.15, 0.2) is 72.8 Å². The van der Waals surface area contributed by atoms with Gasteiger partial charge in [0.15, 0.2) is 0 Å². The van der Waals surface area contributed by atoms with Crippen LogP contribution in [0.5, 0.6) is 0 Å². The zero-order chi connectivity index (χ0) is 14.9. The van der Waals surface area contributed by atoms with Gasteiger partial charge in [-0.25, -0.2) is 0 Å². The Hall–Kier alpha value is -1.90. The van der Waals surface area contributed by atoms with E-state index in [4.69, 9.17) is 4.74 Å². The number of rotatable bonds is 8. The first-order valence-electron chi connectivity index (χ1n) is 7.33. The minimum absolute atomic E-state index is 0.195. The second-order valence-corrected chi connectivity index (χ2v) is 5.22. The number of hydrogen-bond donors (Lipinski definition) is 1. The fourth-order valence-electron chi connectivity index (χ4n) is 2.24. The number of ether oxygens (including phenoxy) is 1. The van der Waals surface area contributed by atoms with Crippen LogP contribution in [0.4, 0.5) is 0 Å². The minimum Gasteiger partial charge on any atom is -0.376 e. The predicted octanol–water partition coefficient (Wildman–Crippen LogP) is 3.96. The molecular weight excluding hydrogens is 258 g/mol. The lowest BCUT2D eigenvalue weighted by molar-refractivity contribution is 0.156. The summed E-state index contributed by atoms with van der Waals surface area (Å²) < 4.78 is 5.56. The third-order valence-electron chi connectivity index (χ3n) is 3.21. The normalized spacial score (nSPS) is 10.8. The summed E-state index contributed by atoms with van der Waals surface area (Å²) in [4.78, 5) is 0. The minimum atomic E-state index is 0.195. The van der Waals surface area contributed by atoms with E-state index in [0.29, 0.717) is 13.2 Å². The van der Waals surface area contributed by atoms with Crippen LogP contribution in [0.2, 0.25) is 0 Å². The molecule has 0 fully saturated rings. The quantitative estimate of drug-likeness (QED) is 0.584. The summed E-state index contributed by atoms with van der Waals surface area (Å²) >= 11 is 0. The zero-order valence-electron chi connectivity index (χ0n) is 12.6. The molecule has 1 N–H and O–H groups in total. The molecule has 0 saturated heterocycles. The summed E-state index contributed by atoms with van der Waals surface area (Å²) in [5.41, 5.74) is 3.59. The molecule has 2 aromatic rings. The predicted molar refractivity (Wildman–Crippen MR) is 88.4 cm³/mol. The molecule has 0 amide bonds. The van der Waals surface area contributed by atoms with E-state index in [1.54, 1.807) is 0 Å². The van der Waals surface area contributed by atoms with Crippen molar-refractivity contribution in [3.8, 4) is 0 Å². The SMILES string of the molecule is C=C(C)COCCNC(c1ccccc1)c1ccccc1. The van der Waals surface area contributed by atoms with Crippen molar-refractivity contribution in [2.24, 2.45) is 0 Å². The van der Waals surface area contributed by atoms with Crippen LogP contribution in [-0.4, -0.2) is 19.8 Å². The molecule has 2 nitrogen and oxygen atoms in total. The highest BCUT2D eigenvalue weighted by molar-refractivity contribution is 5.31. The largest absolute Gasteiger partial charge is 0.376 e. The van der Waals surface area contributed by atoms with Gasteiger partial charge < -0.3 is 10.1 Å². The first-order valence-corrected chi connectivity index (χ1v) is 7.33. The van der Waals surface area contributed by atoms with Crippen LogP contribution in [0.25, 0.3) is 0 Å². The average Bonchev–Trinajstić information content (AvgIpc) is 2.52. The molecular formula is C19H23NO. The fraction of sp³-hybridized carbons (Fsp3) is 0.263. The highest BCUT2D eigenvalue weighted by Gasteiger charge is 2.12. The van der Waals surface area contributed by atoms with Gasteiger partial charge in [-0.1, -0.05) is 72.8 Å². The third kappa shape index (κ3) is 5.18. The molecule has 2 heteroatoms. The van der Waals surface area contributed by atoms with E-state index in [1.807, 2.05) is 19.1 Å². The van der Waals surface area contributed by atoms with Gasteiger partial charge in [-0.2, -0.15) is 0 Å². The van der Waals surface area contributed by atoms with E-state index in [-0.39, 0.29) is 6.04 Å². The first-order chi connectivity index (χ1) is 10.3. The van der Waals surface area contributed by atoms with Gasteiger partial charge >= 0.3 is 0 Å². The standard InChI is InChI=1S/C19H23NO/c1-16(2)15-21-14-13-20-19(17-9-5-3-6-10-17)18-11-7-4-8-12-18/h3-12,19-20H,1,13-15H2,2H3. The molecule has 2 aromatic carbocycles. The second kappa shape index (κ2) is 8.40. The fourth-order valence-corrected chi connectivity index (χ4v) is 2.24. The maximum atomic E-state index is 5.56. The van der Waals surface area contributed by atoms with Crippen LogP contribution in [0, 0.1) is 0 Å². The Morgan fingerprint density at radius 2 is 1.52 bits per heavy atom. The van der Waals surface area contributed by atoms with Gasteiger partial charge in [-0.3, -0.25) is 0 Å². The summed E-state index contributed by atoms with van der Waals surface area (Å²) in [6.45, 7) is 7.93. The van der Waals surface area contributed by atoms with Crippen LogP contribution in [0.1, 0.15) is 24.1 Å². The Labute approximate surface area is 127 Å². The number of benzene rings is 2. The Balaban J connectivity index is 1.99. The highest BCUT2D eigenvalue weighted by Crippen LogP contribution is 2.21. The molecule has 21 heavy (non-hydrogen) atoms. The van der Waals surface area contributed by atoms with Crippen molar-refractivity contribution in [3.63, 3.8) is 0 Å². The molecule has 0 radical (unpaired) electrons. The van der Waals surface area contributed by atoms with E-state index < -0.39 is 0 Å². The van der Waals surface area contributed by atoms with Crippen LogP contribution < -0.4 is 5.32 Å². The van der Waals surface area contributed by atoms with Crippen LogP contribution >= 0.6 is 0 Å². The van der Waals surface area contributed by atoms with Gasteiger partial charge in [0.05, 0.1) is 19.3 Å². The van der Waals surface area contributed by atoms with E-state index in [0.717, 1.165) is 12.1 Å². The lowest BCUT2D eigenvalue weighted by Crippen LogP contribution is -2.26. The topological polar surface area (TPSA) is 21.3 Å². The van der Waals surface area contributed by atoms with Gasteiger partial charge in [0.25, 0.3) is 0 Å². The summed E-state index contributed by atoms with van der Waals surface area (Å²) in [5, 5.41) is 3.57. The van der Waals surface area contributed by atoms with Crippen molar-refractivity contribution >= 4 is 0 Å². The molecule has 110 valence electrons. The van der Waals surface area contributed by atoms with Gasteiger partial charge in [-0.15, -0.1) is 0 Å². The second-order valence-electron chi connectivity index (χ2n) is 5.22. The van der Waals surface area contributed by atoms with Crippen molar-refractivity contribution in [1.82, 2.24) is 5.32 Å². The lowest BCUT2D eigenvalue weighted by Gasteiger charge is -2.20. The monoisotopic (exact) mass is 281 g/mol. The van der Waals surface area contributed by atoms with Crippen molar-refractivity contribution in [2.45, 2.75) is 13.0 Å². The molecule has 0 bridgehead atoms. The van der Waals surface area contributed by atoms with Gasteiger partial charge in [-0.05, 0) is 18.1 Å². The molecule has 0 aliphatic heterocycles. The summed E-state index contributed by atoms with van der Waals surface area (Å²) in [6.07, 6.45) is 0. The molecule has 0 atom stereocenters. The molecule has 2 rings (SSSR count). The Morgan fingerprint density at radius 3 is 2.00 bits per heavy atom. The van der Waals surface area contributed by atoms with E-state index >= 15 is 0 Å². The summed E-state index contributed by atoms with van der Waals surface area (Å²) in [5.74, 6) is 0. The maximum absolute atomic E-state index is 5.56. The zero-order valence-corrected chi connectivity index (χ0v) is 12.6.